The Bertz CT molecular complexity index is 613. The maximum atomic E-state index is 12.0. The molecule has 130 valence electrons. The zero-order chi connectivity index (χ0) is 17.7. The average Bonchev–Trinajstić information content (AvgIpc) is 2.80. The molecule has 2 rings (SSSR count). The lowest BCUT2D eigenvalue weighted by atomic mass is 10.0. The highest BCUT2D eigenvalue weighted by molar-refractivity contribution is 5.89. The quantitative estimate of drug-likeness (QED) is 0.599. The third kappa shape index (κ3) is 4.55. The molecule has 0 aromatic heterocycles. The molecule has 7 heteroatoms. The lowest BCUT2D eigenvalue weighted by Gasteiger charge is -2.28. The average molecular weight is 336 g/mol. The van der Waals surface area contributed by atoms with Crippen LogP contribution in [-0.4, -0.2) is 42.5 Å². The van der Waals surface area contributed by atoms with Gasteiger partial charge in [-0.05, 0) is 19.1 Å². The summed E-state index contributed by atoms with van der Waals surface area (Å²) in [6.45, 7) is 4.07. The van der Waals surface area contributed by atoms with E-state index in [1.54, 1.807) is 37.3 Å². The Kier molecular flexibility index (Phi) is 5.56. The van der Waals surface area contributed by atoms with Crippen molar-refractivity contribution < 1.29 is 33.3 Å². The molecule has 1 aliphatic heterocycles. The minimum absolute atomic E-state index is 0.0393. The van der Waals surface area contributed by atoms with Crippen molar-refractivity contribution in [2.75, 3.05) is 6.61 Å². The highest BCUT2D eigenvalue weighted by Gasteiger charge is 2.50. The van der Waals surface area contributed by atoms with Crippen molar-refractivity contribution in [2.24, 2.45) is 0 Å². The van der Waals surface area contributed by atoms with Gasteiger partial charge in [0.15, 0.2) is 5.60 Å². The molecule has 0 saturated carbocycles. The van der Waals surface area contributed by atoms with Crippen LogP contribution in [0.1, 0.15) is 37.6 Å². The molecule has 0 bridgehead atoms. The second-order valence-electron chi connectivity index (χ2n) is 5.77. The van der Waals surface area contributed by atoms with E-state index < -0.39 is 35.9 Å². The van der Waals surface area contributed by atoms with E-state index >= 15 is 0 Å². The van der Waals surface area contributed by atoms with Crippen molar-refractivity contribution in [1.82, 2.24) is 0 Å². The summed E-state index contributed by atoms with van der Waals surface area (Å²) in [7, 11) is 0. The van der Waals surface area contributed by atoms with Gasteiger partial charge in [-0.2, -0.15) is 0 Å². The third-order valence-corrected chi connectivity index (χ3v) is 3.51. The Morgan fingerprint density at radius 2 is 1.83 bits per heavy atom. The van der Waals surface area contributed by atoms with Crippen LogP contribution in [0.3, 0.4) is 0 Å². The van der Waals surface area contributed by atoms with E-state index in [2.05, 4.69) is 0 Å². The highest BCUT2D eigenvalue weighted by atomic mass is 16.7. The van der Waals surface area contributed by atoms with E-state index in [4.69, 9.17) is 18.9 Å². The number of carbonyl (C=O) groups is 3. The van der Waals surface area contributed by atoms with Gasteiger partial charge in [-0.1, -0.05) is 18.2 Å². The van der Waals surface area contributed by atoms with E-state index in [1.807, 2.05) is 0 Å². The van der Waals surface area contributed by atoms with Crippen LogP contribution in [0.4, 0.5) is 0 Å². The molecule has 1 unspecified atom stereocenters. The summed E-state index contributed by atoms with van der Waals surface area (Å²) in [6.07, 6.45) is -1.35. The van der Waals surface area contributed by atoms with Gasteiger partial charge in [-0.25, -0.2) is 4.79 Å². The number of ether oxygens (including phenoxy) is 4. The summed E-state index contributed by atoms with van der Waals surface area (Å²) in [6, 6.07) is 8.55. The first-order valence-corrected chi connectivity index (χ1v) is 7.54. The summed E-state index contributed by atoms with van der Waals surface area (Å²) in [5.74, 6) is -1.55. The number of hydrogen-bond acceptors (Lipinski definition) is 7. The van der Waals surface area contributed by atoms with Gasteiger partial charge in [0, 0.05) is 20.3 Å². The van der Waals surface area contributed by atoms with E-state index in [0.717, 1.165) is 0 Å². The Hall–Kier alpha value is -2.41. The first-order valence-electron chi connectivity index (χ1n) is 7.54. The van der Waals surface area contributed by atoms with E-state index in [1.165, 1.54) is 13.8 Å². The number of hydrogen-bond donors (Lipinski definition) is 0. The minimum Gasteiger partial charge on any atom is -0.459 e. The molecule has 3 atom stereocenters. The third-order valence-electron chi connectivity index (χ3n) is 3.51. The smallest absolute Gasteiger partial charge is 0.338 e. The van der Waals surface area contributed by atoms with Gasteiger partial charge < -0.3 is 18.9 Å². The largest absolute Gasteiger partial charge is 0.459 e. The molecule has 0 spiro atoms. The summed E-state index contributed by atoms with van der Waals surface area (Å²) in [5, 5.41) is 0. The summed E-state index contributed by atoms with van der Waals surface area (Å²) in [5.41, 5.74) is -0.698. The lowest BCUT2D eigenvalue weighted by molar-refractivity contribution is -0.214. The molecule has 1 aromatic carbocycles. The van der Waals surface area contributed by atoms with Crippen molar-refractivity contribution in [2.45, 2.75) is 45.2 Å². The van der Waals surface area contributed by atoms with Gasteiger partial charge in [0.25, 0.3) is 0 Å². The topological polar surface area (TPSA) is 88.1 Å². The molecule has 0 aliphatic carbocycles. The van der Waals surface area contributed by atoms with Gasteiger partial charge in [-0.15, -0.1) is 0 Å². The van der Waals surface area contributed by atoms with Crippen molar-refractivity contribution in [3.63, 3.8) is 0 Å². The van der Waals surface area contributed by atoms with Crippen LogP contribution in [0.25, 0.3) is 0 Å². The highest BCUT2D eigenvalue weighted by Crippen LogP contribution is 2.35. The van der Waals surface area contributed by atoms with Gasteiger partial charge in [-0.3, -0.25) is 9.59 Å². The molecule has 1 aromatic rings. The Morgan fingerprint density at radius 3 is 2.42 bits per heavy atom. The van der Waals surface area contributed by atoms with E-state index in [0.29, 0.717) is 5.56 Å². The van der Waals surface area contributed by atoms with Crippen LogP contribution in [0.5, 0.6) is 0 Å². The molecule has 7 nitrogen and oxygen atoms in total. The molecule has 0 amide bonds. The normalized spacial score (nSPS) is 25.8. The van der Waals surface area contributed by atoms with Gasteiger partial charge >= 0.3 is 17.9 Å². The van der Waals surface area contributed by atoms with Crippen LogP contribution in [-0.2, 0) is 28.5 Å². The Labute approximate surface area is 139 Å². The zero-order valence-electron chi connectivity index (χ0n) is 13.8. The predicted molar refractivity (Wildman–Crippen MR) is 81.9 cm³/mol. The Balaban J connectivity index is 1.98. The maximum Gasteiger partial charge on any atom is 0.338 e. The summed E-state index contributed by atoms with van der Waals surface area (Å²) in [4.78, 5) is 34.4. The molecular weight excluding hydrogens is 316 g/mol. The van der Waals surface area contributed by atoms with Gasteiger partial charge in [0.05, 0.1) is 5.56 Å². The van der Waals surface area contributed by atoms with Crippen molar-refractivity contribution >= 4 is 17.9 Å². The molecule has 1 fully saturated rings. The monoisotopic (exact) mass is 336 g/mol. The molecule has 24 heavy (non-hydrogen) atoms. The first-order chi connectivity index (χ1) is 11.3. The number of rotatable bonds is 5. The number of esters is 3. The number of benzene rings is 1. The van der Waals surface area contributed by atoms with Crippen LogP contribution in [0, 0.1) is 0 Å². The molecular formula is C17H20O7. The fourth-order valence-corrected chi connectivity index (χ4v) is 2.56. The molecule has 0 radical (unpaired) electrons. The SMILES string of the molecule is CC(=O)OC1O[C@H](COC(=O)c2ccccc2)C[C@@]1(C)OC(C)=O. The fraction of sp³-hybridized carbons (Fsp3) is 0.471. The van der Waals surface area contributed by atoms with Crippen LogP contribution in [0.2, 0.25) is 0 Å². The molecule has 1 heterocycles. The predicted octanol–water partition coefficient (Wildman–Crippen LogP) is 1.84. The second-order valence-corrected chi connectivity index (χ2v) is 5.77. The molecule has 1 saturated heterocycles. The van der Waals surface area contributed by atoms with E-state index in [-0.39, 0.29) is 13.0 Å². The van der Waals surface area contributed by atoms with Crippen LogP contribution >= 0.6 is 0 Å². The van der Waals surface area contributed by atoms with E-state index in [9.17, 15) is 14.4 Å². The summed E-state index contributed by atoms with van der Waals surface area (Å²) >= 11 is 0. The van der Waals surface area contributed by atoms with Crippen LogP contribution in [0.15, 0.2) is 30.3 Å². The van der Waals surface area contributed by atoms with Crippen molar-refractivity contribution in [3.8, 4) is 0 Å². The maximum absolute atomic E-state index is 12.0. The molecule has 0 N–H and O–H groups in total. The lowest BCUT2D eigenvalue weighted by Crippen LogP contribution is -2.41. The van der Waals surface area contributed by atoms with Crippen molar-refractivity contribution in [3.05, 3.63) is 35.9 Å². The first kappa shape index (κ1) is 17.9. The fourth-order valence-electron chi connectivity index (χ4n) is 2.56. The second kappa shape index (κ2) is 7.44. The van der Waals surface area contributed by atoms with Crippen LogP contribution < -0.4 is 0 Å². The minimum atomic E-state index is -1.12. The number of carbonyl (C=O) groups excluding carboxylic acids is 3. The Morgan fingerprint density at radius 1 is 1.17 bits per heavy atom. The standard InChI is InChI=1S/C17H20O7/c1-11(18)22-16-17(3,24-12(2)19)9-14(23-16)10-21-15(20)13-7-5-4-6-8-13/h4-8,14,16H,9-10H2,1-3H3/t14-,16?,17+/m0/s1. The summed E-state index contributed by atoms with van der Waals surface area (Å²) < 4.78 is 21.1. The zero-order valence-corrected chi connectivity index (χ0v) is 13.8. The van der Waals surface area contributed by atoms with Gasteiger partial charge in [0.2, 0.25) is 6.29 Å². The van der Waals surface area contributed by atoms with Crippen molar-refractivity contribution in [1.29, 1.82) is 0 Å². The van der Waals surface area contributed by atoms with Gasteiger partial charge in [0.1, 0.15) is 12.7 Å². The molecule has 1 aliphatic rings.